The number of hydrogen-bond donors (Lipinski definition) is 0. The molecule has 2 rings (SSSR count). The highest BCUT2D eigenvalue weighted by molar-refractivity contribution is 6.30. The molecule has 0 aliphatic heterocycles. The molecule has 0 aliphatic rings. The average Bonchev–Trinajstić information content (AvgIpc) is 2.29. The van der Waals surface area contributed by atoms with E-state index in [1.54, 1.807) is 24.5 Å². The summed E-state index contributed by atoms with van der Waals surface area (Å²) in [7, 11) is 0. The fraction of sp³-hybridized carbons (Fsp3) is 0. The van der Waals surface area contributed by atoms with Gasteiger partial charge in [0.25, 0.3) is 0 Å². The van der Waals surface area contributed by atoms with E-state index in [9.17, 15) is 4.79 Å². The van der Waals surface area contributed by atoms with E-state index in [4.69, 9.17) is 11.6 Å². The second kappa shape index (κ2) is 4.24. The lowest BCUT2D eigenvalue weighted by atomic mass is 10.0. The molecule has 0 aliphatic carbocycles. The van der Waals surface area contributed by atoms with Gasteiger partial charge in [-0.1, -0.05) is 23.7 Å². The summed E-state index contributed by atoms with van der Waals surface area (Å²) in [5, 5.41) is 0.654. The van der Waals surface area contributed by atoms with E-state index in [2.05, 4.69) is 4.98 Å². The van der Waals surface area contributed by atoms with Gasteiger partial charge in [0.1, 0.15) is 0 Å². The van der Waals surface area contributed by atoms with Crippen molar-refractivity contribution in [3.05, 3.63) is 53.3 Å². The fourth-order valence-electron chi connectivity index (χ4n) is 1.42. The third kappa shape index (κ3) is 2.05. The van der Waals surface area contributed by atoms with Crippen LogP contribution in [-0.2, 0) is 0 Å². The first kappa shape index (κ1) is 9.87. The molecule has 0 bridgehead atoms. The molecule has 0 N–H and O–H groups in total. The lowest BCUT2D eigenvalue weighted by molar-refractivity contribution is 0.112. The molecular formula is C12H8ClNO. The van der Waals surface area contributed by atoms with Crippen LogP contribution >= 0.6 is 11.6 Å². The number of rotatable bonds is 2. The number of nitrogens with zero attached hydrogens (tertiary/aromatic N) is 1. The summed E-state index contributed by atoms with van der Waals surface area (Å²) >= 11 is 5.89. The Morgan fingerprint density at radius 2 is 2.13 bits per heavy atom. The van der Waals surface area contributed by atoms with Gasteiger partial charge in [0, 0.05) is 23.0 Å². The molecule has 1 heterocycles. The molecule has 2 nitrogen and oxygen atoms in total. The highest BCUT2D eigenvalue weighted by Crippen LogP contribution is 2.24. The maximum atomic E-state index is 10.8. The van der Waals surface area contributed by atoms with E-state index in [0.29, 0.717) is 10.6 Å². The van der Waals surface area contributed by atoms with E-state index in [0.717, 1.165) is 17.4 Å². The molecule has 0 unspecified atom stereocenters. The van der Waals surface area contributed by atoms with Gasteiger partial charge in [-0.3, -0.25) is 9.78 Å². The number of pyridine rings is 1. The van der Waals surface area contributed by atoms with E-state index in [1.807, 2.05) is 18.2 Å². The van der Waals surface area contributed by atoms with Crippen LogP contribution < -0.4 is 0 Å². The number of hydrogen-bond acceptors (Lipinski definition) is 2. The first-order chi connectivity index (χ1) is 7.31. The quantitative estimate of drug-likeness (QED) is 0.723. The van der Waals surface area contributed by atoms with Gasteiger partial charge in [-0.15, -0.1) is 0 Å². The number of carbonyl (C=O) groups excluding carboxylic acids is 1. The largest absolute Gasteiger partial charge is 0.298 e. The Bertz CT molecular complexity index is 496. The molecule has 0 saturated heterocycles. The molecule has 0 amide bonds. The zero-order valence-electron chi connectivity index (χ0n) is 7.85. The molecule has 0 saturated carbocycles. The summed E-state index contributed by atoms with van der Waals surface area (Å²) in [6.45, 7) is 0. The third-order valence-corrected chi connectivity index (χ3v) is 2.35. The van der Waals surface area contributed by atoms with Crippen molar-refractivity contribution in [1.82, 2.24) is 4.98 Å². The van der Waals surface area contributed by atoms with Gasteiger partial charge in [-0.2, -0.15) is 0 Å². The Labute approximate surface area is 92.5 Å². The molecule has 2 aromatic rings. The van der Waals surface area contributed by atoms with Crippen LogP contribution in [0.3, 0.4) is 0 Å². The van der Waals surface area contributed by atoms with Gasteiger partial charge in [-0.25, -0.2) is 0 Å². The minimum atomic E-state index is 0.569. The van der Waals surface area contributed by atoms with Gasteiger partial charge >= 0.3 is 0 Å². The summed E-state index contributed by atoms with van der Waals surface area (Å²) in [5.74, 6) is 0. The van der Waals surface area contributed by atoms with E-state index >= 15 is 0 Å². The van der Waals surface area contributed by atoms with Crippen molar-refractivity contribution >= 4 is 17.9 Å². The Morgan fingerprint density at radius 1 is 1.27 bits per heavy atom. The van der Waals surface area contributed by atoms with Crippen molar-refractivity contribution in [2.24, 2.45) is 0 Å². The first-order valence-corrected chi connectivity index (χ1v) is 4.84. The zero-order chi connectivity index (χ0) is 10.7. The van der Waals surface area contributed by atoms with Gasteiger partial charge in [0.2, 0.25) is 0 Å². The van der Waals surface area contributed by atoms with Crippen LogP contribution in [0.2, 0.25) is 5.02 Å². The lowest BCUT2D eigenvalue weighted by Gasteiger charge is -2.04. The molecule has 0 spiro atoms. The summed E-state index contributed by atoms with van der Waals surface area (Å²) in [4.78, 5) is 14.7. The Morgan fingerprint density at radius 3 is 2.87 bits per heavy atom. The SMILES string of the molecule is O=Cc1cnccc1-c1cccc(Cl)c1. The van der Waals surface area contributed by atoms with Gasteiger partial charge in [-0.05, 0) is 29.3 Å². The van der Waals surface area contributed by atoms with E-state index in [-0.39, 0.29) is 0 Å². The van der Waals surface area contributed by atoms with Crippen LogP contribution in [0.4, 0.5) is 0 Å². The minimum Gasteiger partial charge on any atom is -0.298 e. The maximum Gasteiger partial charge on any atom is 0.152 e. The summed E-state index contributed by atoms with van der Waals surface area (Å²) in [6.07, 6.45) is 4.00. The second-order valence-electron chi connectivity index (χ2n) is 3.09. The average molecular weight is 218 g/mol. The van der Waals surface area contributed by atoms with Crippen LogP contribution in [0.1, 0.15) is 10.4 Å². The van der Waals surface area contributed by atoms with Gasteiger partial charge in [0.05, 0.1) is 0 Å². The lowest BCUT2D eigenvalue weighted by Crippen LogP contribution is -1.88. The van der Waals surface area contributed by atoms with Crippen molar-refractivity contribution in [3.8, 4) is 11.1 Å². The predicted molar refractivity (Wildman–Crippen MR) is 60.1 cm³/mol. The molecule has 3 heteroatoms. The number of halogens is 1. The molecule has 74 valence electrons. The fourth-order valence-corrected chi connectivity index (χ4v) is 1.61. The van der Waals surface area contributed by atoms with Crippen molar-refractivity contribution < 1.29 is 4.79 Å². The normalized spacial score (nSPS) is 9.93. The van der Waals surface area contributed by atoms with Crippen LogP contribution in [0.15, 0.2) is 42.7 Å². The minimum absolute atomic E-state index is 0.569. The van der Waals surface area contributed by atoms with Gasteiger partial charge in [0.15, 0.2) is 6.29 Å². The standard InChI is InChI=1S/C12H8ClNO/c13-11-3-1-2-9(6-11)12-4-5-14-7-10(12)8-15/h1-8H. The Balaban J connectivity index is 2.58. The molecule has 1 aromatic carbocycles. The monoisotopic (exact) mass is 217 g/mol. The Hall–Kier alpha value is -1.67. The number of aldehydes is 1. The van der Waals surface area contributed by atoms with Gasteiger partial charge < -0.3 is 0 Å². The highest BCUT2D eigenvalue weighted by atomic mass is 35.5. The molecular weight excluding hydrogens is 210 g/mol. The molecule has 1 aromatic heterocycles. The van der Waals surface area contributed by atoms with Crippen molar-refractivity contribution in [1.29, 1.82) is 0 Å². The molecule has 0 atom stereocenters. The second-order valence-corrected chi connectivity index (χ2v) is 3.53. The Kier molecular flexibility index (Phi) is 2.79. The van der Waals surface area contributed by atoms with Crippen molar-refractivity contribution in [3.63, 3.8) is 0 Å². The van der Waals surface area contributed by atoms with Crippen LogP contribution in [-0.4, -0.2) is 11.3 Å². The highest BCUT2D eigenvalue weighted by Gasteiger charge is 2.03. The van der Waals surface area contributed by atoms with Crippen molar-refractivity contribution in [2.45, 2.75) is 0 Å². The molecule has 0 fully saturated rings. The smallest absolute Gasteiger partial charge is 0.152 e. The summed E-state index contributed by atoms with van der Waals surface area (Å²) in [5.41, 5.74) is 2.34. The predicted octanol–water partition coefficient (Wildman–Crippen LogP) is 3.21. The maximum absolute atomic E-state index is 10.8. The van der Waals surface area contributed by atoms with E-state index in [1.165, 1.54) is 0 Å². The molecule has 15 heavy (non-hydrogen) atoms. The van der Waals surface area contributed by atoms with Crippen LogP contribution in [0.5, 0.6) is 0 Å². The third-order valence-electron chi connectivity index (χ3n) is 2.11. The van der Waals surface area contributed by atoms with Crippen molar-refractivity contribution in [2.75, 3.05) is 0 Å². The van der Waals surface area contributed by atoms with Crippen LogP contribution in [0.25, 0.3) is 11.1 Å². The van der Waals surface area contributed by atoms with E-state index < -0.39 is 0 Å². The first-order valence-electron chi connectivity index (χ1n) is 4.46. The topological polar surface area (TPSA) is 30.0 Å². The number of aromatic nitrogens is 1. The summed E-state index contributed by atoms with van der Waals surface area (Å²) in [6, 6.07) is 9.19. The number of carbonyl (C=O) groups is 1. The summed E-state index contributed by atoms with van der Waals surface area (Å²) < 4.78 is 0. The number of benzene rings is 1. The van der Waals surface area contributed by atoms with Crippen LogP contribution in [0, 0.1) is 0 Å². The zero-order valence-corrected chi connectivity index (χ0v) is 8.61. The molecule has 0 radical (unpaired) electrons.